The third-order valence-electron chi connectivity index (χ3n) is 3.32. The van der Waals surface area contributed by atoms with Crippen LogP contribution in [0.25, 0.3) is 0 Å². The Balaban J connectivity index is 2.34. The molecule has 156 valence electrons. The average molecular weight is 396 g/mol. The number of amides is 2. The first-order valence-electron chi connectivity index (χ1n) is 8.90. The predicted molar refractivity (Wildman–Crippen MR) is 100 cm³/mol. The van der Waals surface area contributed by atoms with Crippen molar-refractivity contribution in [3.63, 3.8) is 0 Å². The number of benzene rings is 1. The molecule has 2 amide bonds. The molecule has 9 nitrogen and oxygen atoms in total. The van der Waals surface area contributed by atoms with E-state index in [2.05, 4.69) is 20.3 Å². The van der Waals surface area contributed by atoms with E-state index in [9.17, 15) is 14.4 Å². The molecule has 0 heterocycles. The lowest BCUT2D eigenvalue weighted by atomic mass is 10.1. The highest BCUT2D eigenvalue weighted by Gasteiger charge is 2.23. The zero-order chi connectivity index (χ0) is 21.0. The quantitative estimate of drug-likeness (QED) is 0.286. The molecule has 0 saturated heterocycles. The Bertz CT molecular complexity index is 629. The number of rotatable bonds is 9. The van der Waals surface area contributed by atoms with Gasteiger partial charge in [-0.1, -0.05) is 30.3 Å². The van der Waals surface area contributed by atoms with Gasteiger partial charge < -0.3 is 20.1 Å². The molecule has 1 rings (SSSR count). The van der Waals surface area contributed by atoms with Crippen LogP contribution in [0.4, 0.5) is 9.59 Å². The topological polar surface area (TPSA) is 112 Å². The molecule has 0 unspecified atom stereocenters. The highest BCUT2D eigenvalue weighted by atomic mass is 17.2. The van der Waals surface area contributed by atoms with Crippen LogP contribution in [0, 0.1) is 0 Å². The van der Waals surface area contributed by atoms with Crippen LogP contribution in [0.15, 0.2) is 30.3 Å². The lowest BCUT2D eigenvalue weighted by molar-refractivity contribution is -0.249. The molecule has 2 N–H and O–H groups in total. The molecule has 0 saturated carbocycles. The van der Waals surface area contributed by atoms with Crippen LogP contribution in [0.2, 0.25) is 0 Å². The zero-order valence-electron chi connectivity index (χ0n) is 16.7. The molecule has 0 bridgehead atoms. The molecule has 0 aliphatic carbocycles. The number of nitrogens with one attached hydrogen (secondary N) is 2. The van der Waals surface area contributed by atoms with E-state index >= 15 is 0 Å². The van der Waals surface area contributed by atoms with Crippen molar-refractivity contribution in [1.29, 1.82) is 0 Å². The summed E-state index contributed by atoms with van der Waals surface area (Å²) in [5, 5.41) is 4.95. The number of esters is 1. The number of alkyl carbamates (subject to hydrolysis) is 1. The summed E-state index contributed by atoms with van der Waals surface area (Å²) in [4.78, 5) is 44.7. The van der Waals surface area contributed by atoms with Gasteiger partial charge in [0.05, 0.1) is 7.11 Å². The number of ether oxygens (including phenoxy) is 2. The normalized spacial score (nSPS) is 11.9. The summed E-state index contributed by atoms with van der Waals surface area (Å²) >= 11 is 0. The molecule has 0 aliphatic heterocycles. The van der Waals surface area contributed by atoms with Gasteiger partial charge in [-0.2, -0.15) is 4.89 Å². The Kier molecular flexibility index (Phi) is 9.80. The molecule has 28 heavy (non-hydrogen) atoms. The zero-order valence-corrected chi connectivity index (χ0v) is 16.7. The molecule has 0 fully saturated rings. The Labute approximate surface area is 164 Å². The van der Waals surface area contributed by atoms with Crippen LogP contribution in [0.3, 0.4) is 0 Å². The molecule has 1 aromatic carbocycles. The number of hydrogen-bond donors (Lipinski definition) is 2. The van der Waals surface area contributed by atoms with E-state index in [-0.39, 0.29) is 19.6 Å². The second-order valence-corrected chi connectivity index (χ2v) is 6.91. The summed E-state index contributed by atoms with van der Waals surface area (Å²) in [5.74, 6) is -0.628. The Morgan fingerprint density at radius 1 is 1.07 bits per heavy atom. The van der Waals surface area contributed by atoms with Crippen molar-refractivity contribution in [3.05, 3.63) is 35.9 Å². The van der Waals surface area contributed by atoms with Crippen molar-refractivity contribution in [1.82, 2.24) is 10.6 Å². The van der Waals surface area contributed by atoms with Gasteiger partial charge in [0.15, 0.2) is 0 Å². The number of methoxy groups -OCH3 is 1. The third kappa shape index (κ3) is 10.4. The molecule has 0 spiro atoms. The van der Waals surface area contributed by atoms with Crippen LogP contribution in [-0.4, -0.2) is 43.5 Å². The van der Waals surface area contributed by atoms with Gasteiger partial charge in [-0.05, 0) is 39.2 Å². The van der Waals surface area contributed by atoms with Crippen LogP contribution in [-0.2, 0) is 30.7 Å². The third-order valence-corrected chi connectivity index (χ3v) is 3.32. The molecular formula is C19H28N2O7. The standard InChI is InChI=1S/C19H28N2O7/c1-19(2,3)27-17(23)20-12-8-11-15(16(22)25-4)21-18(24)28-26-13-14-9-6-5-7-10-14/h5-7,9-10,15H,8,11-13H2,1-4H3,(H,20,23)(H,21,24)/t15-/m0/s1. The van der Waals surface area contributed by atoms with Gasteiger partial charge in [-0.15, -0.1) is 0 Å². The lowest BCUT2D eigenvalue weighted by Crippen LogP contribution is -2.42. The van der Waals surface area contributed by atoms with Crippen LogP contribution in [0.1, 0.15) is 39.2 Å². The summed E-state index contributed by atoms with van der Waals surface area (Å²) in [6.07, 6.45) is -0.823. The van der Waals surface area contributed by atoms with Crippen molar-refractivity contribution >= 4 is 18.2 Å². The minimum absolute atomic E-state index is 0.0803. The van der Waals surface area contributed by atoms with E-state index in [4.69, 9.17) is 9.62 Å². The molecule has 0 radical (unpaired) electrons. The van der Waals surface area contributed by atoms with E-state index in [0.29, 0.717) is 6.42 Å². The van der Waals surface area contributed by atoms with Crippen LogP contribution < -0.4 is 10.6 Å². The van der Waals surface area contributed by atoms with Crippen molar-refractivity contribution < 1.29 is 33.6 Å². The molecule has 1 atom stereocenters. The van der Waals surface area contributed by atoms with Crippen molar-refractivity contribution in [3.8, 4) is 0 Å². The average Bonchev–Trinajstić information content (AvgIpc) is 2.63. The van der Waals surface area contributed by atoms with Gasteiger partial charge in [0, 0.05) is 6.54 Å². The smallest absolute Gasteiger partial charge is 0.439 e. The Morgan fingerprint density at radius 2 is 1.75 bits per heavy atom. The van der Waals surface area contributed by atoms with E-state index in [1.165, 1.54) is 7.11 Å². The fourth-order valence-electron chi connectivity index (χ4n) is 2.09. The SMILES string of the molecule is COC(=O)[C@H](CCCNC(=O)OC(C)(C)C)NC(=O)OOCc1ccccc1. The van der Waals surface area contributed by atoms with E-state index in [0.717, 1.165) is 5.56 Å². The van der Waals surface area contributed by atoms with Gasteiger partial charge >= 0.3 is 18.2 Å². The lowest BCUT2D eigenvalue weighted by Gasteiger charge is -2.20. The van der Waals surface area contributed by atoms with Gasteiger partial charge in [0.1, 0.15) is 18.2 Å². The van der Waals surface area contributed by atoms with E-state index in [1.54, 1.807) is 20.8 Å². The van der Waals surface area contributed by atoms with Gasteiger partial charge in [0.2, 0.25) is 0 Å². The first-order valence-corrected chi connectivity index (χ1v) is 8.90. The second-order valence-electron chi connectivity index (χ2n) is 6.91. The van der Waals surface area contributed by atoms with E-state index < -0.39 is 29.8 Å². The van der Waals surface area contributed by atoms with E-state index in [1.807, 2.05) is 30.3 Å². The first-order chi connectivity index (χ1) is 13.2. The summed E-state index contributed by atoms with van der Waals surface area (Å²) in [5.41, 5.74) is 0.233. The van der Waals surface area contributed by atoms with Gasteiger partial charge in [0.25, 0.3) is 0 Å². The highest BCUT2D eigenvalue weighted by Crippen LogP contribution is 2.07. The highest BCUT2D eigenvalue weighted by molar-refractivity contribution is 5.81. The first kappa shape index (κ1) is 23.2. The molecule has 0 aliphatic rings. The summed E-state index contributed by atoms with van der Waals surface area (Å²) in [6, 6.07) is 8.22. The summed E-state index contributed by atoms with van der Waals surface area (Å²) in [6.45, 7) is 5.63. The maximum Gasteiger partial charge on any atom is 0.439 e. The second kappa shape index (κ2) is 11.8. The summed E-state index contributed by atoms with van der Waals surface area (Å²) < 4.78 is 9.78. The Morgan fingerprint density at radius 3 is 2.36 bits per heavy atom. The van der Waals surface area contributed by atoms with Crippen LogP contribution >= 0.6 is 0 Å². The minimum atomic E-state index is -0.932. The van der Waals surface area contributed by atoms with Crippen molar-refractivity contribution in [2.45, 2.75) is 51.9 Å². The molecule has 9 heteroatoms. The van der Waals surface area contributed by atoms with Gasteiger partial charge in [-0.25, -0.2) is 14.4 Å². The molecule has 0 aromatic heterocycles. The maximum atomic E-state index is 11.8. The van der Waals surface area contributed by atoms with Crippen molar-refractivity contribution in [2.24, 2.45) is 0 Å². The van der Waals surface area contributed by atoms with Gasteiger partial charge in [-0.3, -0.25) is 4.89 Å². The number of carbonyl (C=O) groups is 3. The molecular weight excluding hydrogens is 368 g/mol. The fourth-order valence-corrected chi connectivity index (χ4v) is 2.09. The molecule has 1 aromatic rings. The number of carbonyl (C=O) groups excluding carboxylic acids is 3. The summed E-state index contributed by atoms with van der Waals surface area (Å²) in [7, 11) is 1.22. The maximum absolute atomic E-state index is 11.8. The monoisotopic (exact) mass is 396 g/mol. The predicted octanol–water partition coefficient (Wildman–Crippen LogP) is 2.69. The van der Waals surface area contributed by atoms with Crippen LogP contribution in [0.5, 0.6) is 0 Å². The largest absolute Gasteiger partial charge is 0.467 e. The fraction of sp³-hybridized carbons (Fsp3) is 0.526. The van der Waals surface area contributed by atoms with Crippen molar-refractivity contribution in [2.75, 3.05) is 13.7 Å². The Hall–Kier alpha value is -2.81. The minimum Gasteiger partial charge on any atom is -0.467 e. The number of hydrogen-bond acceptors (Lipinski definition) is 7.